The number of carbonyl (C=O) groups is 1. The first kappa shape index (κ1) is 16.4. The summed E-state index contributed by atoms with van der Waals surface area (Å²) in [7, 11) is 0. The van der Waals surface area contributed by atoms with E-state index < -0.39 is 11.7 Å². The number of carbonyl (C=O) groups excluding carboxylic acids is 1. The highest BCUT2D eigenvalue weighted by atomic mass is 19.3. The van der Waals surface area contributed by atoms with Gasteiger partial charge in [0.2, 0.25) is 0 Å². The van der Waals surface area contributed by atoms with E-state index in [0.29, 0.717) is 16.8 Å². The van der Waals surface area contributed by atoms with E-state index in [1.54, 1.807) is 24.4 Å². The van der Waals surface area contributed by atoms with Crippen LogP contribution >= 0.6 is 0 Å². The molecule has 0 amide bonds. The Hall–Kier alpha value is -4.02. The van der Waals surface area contributed by atoms with Crippen LogP contribution in [0.15, 0.2) is 41.3 Å². The third-order valence-electron chi connectivity index (χ3n) is 3.97. The van der Waals surface area contributed by atoms with E-state index in [1.807, 2.05) is 0 Å². The third kappa shape index (κ3) is 2.90. The molecule has 3 heterocycles. The van der Waals surface area contributed by atoms with Gasteiger partial charge >= 0.3 is 11.7 Å². The molecule has 1 aromatic carbocycles. The van der Waals surface area contributed by atoms with Gasteiger partial charge in [-0.1, -0.05) is 12.1 Å². The molecular weight excluding hydrogens is 357 g/mol. The van der Waals surface area contributed by atoms with Crippen molar-refractivity contribution in [3.63, 3.8) is 0 Å². The number of aromatic amines is 2. The largest absolute Gasteiger partial charge is 0.382 e. The predicted molar refractivity (Wildman–Crippen MR) is 92.2 cm³/mol. The maximum absolute atomic E-state index is 12.4. The fourth-order valence-electron chi connectivity index (χ4n) is 2.72. The van der Waals surface area contributed by atoms with Crippen LogP contribution < -0.4 is 11.4 Å². The Morgan fingerprint density at radius 3 is 2.89 bits per heavy atom. The summed E-state index contributed by atoms with van der Waals surface area (Å²) in [5.74, 6) is -0.730. The lowest BCUT2D eigenvalue weighted by atomic mass is 10.1. The summed E-state index contributed by atoms with van der Waals surface area (Å²) >= 11 is 0. The Morgan fingerprint density at radius 1 is 1.30 bits per heavy atom. The number of fused-ring (bicyclic) bond motifs is 1. The molecule has 0 aliphatic carbocycles. The maximum atomic E-state index is 12.4. The molecule has 4 rings (SSSR count). The van der Waals surface area contributed by atoms with Crippen molar-refractivity contribution >= 4 is 23.0 Å². The van der Waals surface area contributed by atoms with Crippen LogP contribution in [0.25, 0.3) is 22.7 Å². The van der Waals surface area contributed by atoms with Gasteiger partial charge < -0.3 is 10.7 Å². The van der Waals surface area contributed by atoms with Gasteiger partial charge in [-0.2, -0.15) is 5.10 Å². The van der Waals surface area contributed by atoms with Gasteiger partial charge in [0.05, 0.1) is 12.1 Å². The molecule has 10 nitrogen and oxygen atoms in total. The number of nitrogens with one attached hydrogen (secondary N) is 2. The zero-order valence-electron chi connectivity index (χ0n) is 13.6. The van der Waals surface area contributed by atoms with Gasteiger partial charge in [0, 0.05) is 10.7 Å². The molecule has 3 aromatic heterocycles. The van der Waals surface area contributed by atoms with Crippen molar-refractivity contribution in [2.75, 3.05) is 5.73 Å². The maximum Gasteiger partial charge on any atom is 0.379 e. The number of benzene rings is 1. The van der Waals surface area contributed by atoms with Crippen LogP contribution in [-0.4, -0.2) is 35.7 Å². The summed E-state index contributed by atoms with van der Waals surface area (Å²) in [4.78, 5) is 38.1. The molecule has 0 saturated heterocycles. The van der Waals surface area contributed by atoms with Crippen molar-refractivity contribution in [2.24, 2.45) is 0 Å². The lowest BCUT2D eigenvalue weighted by Crippen LogP contribution is -2.18. The SMILES string of the molecule is Nc1nc(-c2ccn[nH]2)nc2c1[nH]c(=O)n2Cc1cccc(C(=O)OF)c1. The number of hydrogen-bond acceptors (Lipinski definition) is 7. The Balaban J connectivity index is 1.81. The van der Waals surface area contributed by atoms with E-state index in [9.17, 15) is 14.1 Å². The van der Waals surface area contributed by atoms with Crippen LogP contribution in [-0.2, 0) is 11.5 Å². The molecular formula is C16H12FN7O3. The van der Waals surface area contributed by atoms with Crippen molar-refractivity contribution < 1.29 is 14.3 Å². The van der Waals surface area contributed by atoms with Crippen LogP contribution in [0.4, 0.5) is 10.3 Å². The van der Waals surface area contributed by atoms with Gasteiger partial charge in [-0.25, -0.2) is 24.5 Å². The lowest BCUT2D eigenvalue weighted by Gasteiger charge is -2.06. The highest BCUT2D eigenvalue weighted by Crippen LogP contribution is 2.20. The molecule has 136 valence electrons. The van der Waals surface area contributed by atoms with Gasteiger partial charge in [0.25, 0.3) is 0 Å². The number of anilines is 1. The summed E-state index contributed by atoms with van der Waals surface area (Å²) in [6.45, 7) is 0.0745. The molecule has 4 N–H and O–H groups in total. The Morgan fingerprint density at radius 2 is 2.15 bits per heavy atom. The average Bonchev–Trinajstić information content (AvgIpc) is 3.31. The zero-order chi connectivity index (χ0) is 19.0. The van der Waals surface area contributed by atoms with Crippen molar-refractivity contribution in [2.45, 2.75) is 6.54 Å². The van der Waals surface area contributed by atoms with E-state index >= 15 is 0 Å². The number of nitrogen functional groups attached to an aromatic ring is 1. The van der Waals surface area contributed by atoms with E-state index in [0.717, 1.165) is 0 Å². The molecule has 27 heavy (non-hydrogen) atoms. The number of halogens is 1. The first-order chi connectivity index (χ1) is 13.1. The number of H-pyrrole nitrogens is 2. The topological polar surface area (TPSA) is 145 Å². The fourth-order valence-corrected chi connectivity index (χ4v) is 2.72. The molecule has 4 aromatic rings. The van der Waals surface area contributed by atoms with E-state index in [4.69, 9.17) is 5.73 Å². The van der Waals surface area contributed by atoms with E-state index in [2.05, 4.69) is 30.1 Å². The van der Waals surface area contributed by atoms with Gasteiger partial charge in [-0.05, 0) is 23.8 Å². The van der Waals surface area contributed by atoms with Gasteiger partial charge in [0.1, 0.15) is 11.2 Å². The number of imidazole rings is 1. The summed E-state index contributed by atoms with van der Waals surface area (Å²) in [5, 5.41) is 6.57. The fraction of sp³-hybridized carbons (Fsp3) is 0.0625. The summed E-state index contributed by atoms with van der Waals surface area (Å²) in [6, 6.07) is 7.73. The van der Waals surface area contributed by atoms with E-state index in [-0.39, 0.29) is 29.4 Å². The average molecular weight is 369 g/mol. The number of nitrogens with two attached hydrogens (primary N) is 1. The van der Waals surface area contributed by atoms with Crippen molar-refractivity contribution in [3.8, 4) is 11.5 Å². The number of aromatic nitrogens is 6. The van der Waals surface area contributed by atoms with Crippen molar-refractivity contribution in [1.29, 1.82) is 0 Å². The Kier molecular flexibility index (Phi) is 3.88. The van der Waals surface area contributed by atoms with Gasteiger partial charge in [-0.15, -0.1) is 0 Å². The molecule has 0 spiro atoms. The molecule has 0 aliphatic rings. The van der Waals surface area contributed by atoms with Crippen LogP contribution in [0, 0.1) is 0 Å². The van der Waals surface area contributed by atoms with Crippen molar-refractivity contribution in [1.82, 2.24) is 29.7 Å². The predicted octanol–water partition coefficient (Wildman–Crippen LogP) is 1.18. The molecule has 11 heteroatoms. The first-order valence-electron chi connectivity index (χ1n) is 7.74. The molecule has 0 atom stereocenters. The smallest absolute Gasteiger partial charge is 0.379 e. The molecule has 0 fully saturated rings. The zero-order valence-corrected chi connectivity index (χ0v) is 13.6. The monoisotopic (exact) mass is 369 g/mol. The normalized spacial score (nSPS) is 11.0. The first-order valence-corrected chi connectivity index (χ1v) is 7.74. The molecule has 0 aliphatic heterocycles. The number of nitrogens with zero attached hydrogens (tertiary/aromatic N) is 4. The lowest BCUT2D eigenvalue weighted by molar-refractivity contribution is -0.0788. The van der Waals surface area contributed by atoms with Crippen LogP contribution in [0.2, 0.25) is 0 Å². The van der Waals surface area contributed by atoms with Crippen LogP contribution in [0.1, 0.15) is 15.9 Å². The Labute approximate surface area is 149 Å². The minimum absolute atomic E-state index is 0.0233. The quantitative estimate of drug-likeness (QED) is 0.490. The number of rotatable bonds is 4. The second-order valence-electron chi connectivity index (χ2n) is 5.68. The summed E-state index contributed by atoms with van der Waals surface area (Å²) in [6.07, 6.45) is 1.54. The van der Waals surface area contributed by atoms with Gasteiger partial charge in [-0.3, -0.25) is 9.67 Å². The summed E-state index contributed by atoms with van der Waals surface area (Å²) < 4.78 is 13.5. The molecule has 0 radical (unpaired) electrons. The van der Waals surface area contributed by atoms with E-state index in [1.165, 1.54) is 16.7 Å². The molecule has 0 bridgehead atoms. The summed E-state index contributed by atoms with van der Waals surface area (Å²) in [5.41, 5.74) is 7.21. The highest BCUT2D eigenvalue weighted by molar-refractivity contribution is 5.89. The van der Waals surface area contributed by atoms with Crippen molar-refractivity contribution in [3.05, 3.63) is 58.1 Å². The van der Waals surface area contributed by atoms with Gasteiger partial charge in [0.15, 0.2) is 17.3 Å². The minimum Gasteiger partial charge on any atom is -0.382 e. The minimum atomic E-state index is -1.11. The number of hydrogen-bond donors (Lipinski definition) is 3. The molecule has 0 saturated carbocycles. The van der Waals surface area contributed by atoms with Crippen LogP contribution in [0.5, 0.6) is 0 Å². The Bertz CT molecular complexity index is 1200. The standard InChI is InChI=1S/C16H12FN7O3/c17-27-15(25)9-3-1-2-8(6-9)7-24-14-11(20-16(24)26)12(18)21-13(22-14)10-4-5-19-23-10/h1-6H,7H2,(H,19,23)(H,20,26)(H2,18,21,22). The molecule has 0 unspecified atom stereocenters. The van der Waals surface area contributed by atoms with Crippen LogP contribution in [0.3, 0.4) is 0 Å². The second-order valence-corrected chi connectivity index (χ2v) is 5.68. The third-order valence-corrected chi connectivity index (χ3v) is 3.97. The highest BCUT2D eigenvalue weighted by Gasteiger charge is 2.16. The second kappa shape index (κ2) is 6.37.